The topological polar surface area (TPSA) is 80.8 Å². The molecular weight excluding hydrogens is 382 g/mol. The second-order valence-electron chi connectivity index (χ2n) is 6.75. The standard InChI is InChI=1S/C24H17NO5/c1-2-15-11-13-16(14-12-15)21(26)17-7-3-6-10-20(17)24(29)30-25-22(27)18-8-4-5-9-19(18)23(25)28/h3-14H,2H2,1H3. The van der Waals surface area contributed by atoms with Crippen molar-refractivity contribution in [2.24, 2.45) is 0 Å². The maximum Gasteiger partial charge on any atom is 0.364 e. The van der Waals surface area contributed by atoms with Gasteiger partial charge in [0.1, 0.15) is 0 Å². The number of rotatable bonds is 5. The van der Waals surface area contributed by atoms with Gasteiger partial charge in [-0.05, 0) is 30.2 Å². The summed E-state index contributed by atoms with van der Waals surface area (Å²) in [6.07, 6.45) is 0.845. The summed E-state index contributed by atoms with van der Waals surface area (Å²) in [5, 5.41) is 0.435. The molecule has 0 saturated carbocycles. The van der Waals surface area contributed by atoms with Gasteiger partial charge < -0.3 is 4.84 Å². The third-order valence-electron chi connectivity index (χ3n) is 4.95. The van der Waals surface area contributed by atoms with Crippen molar-refractivity contribution >= 4 is 23.6 Å². The fraction of sp³-hybridized carbons (Fsp3) is 0.0833. The fourth-order valence-electron chi connectivity index (χ4n) is 3.29. The molecule has 0 N–H and O–H groups in total. The Morgan fingerprint density at radius 1 is 0.767 bits per heavy atom. The van der Waals surface area contributed by atoms with Crippen molar-refractivity contribution in [1.29, 1.82) is 0 Å². The molecule has 6 nitrogen and oxygen atoms in total. The molecule has 1 aliphatic heterocycles. The summed E-state index contributed by atoms with van der Waals surface area (Å²) in [6.45, 7) is 2.02. The number of imide groups is 1. The van der Waals surface area contributed by atoms with Crippen LogP contribution in [-0.2, 0) is 11.3 Å². The first-order valence-electron chi connectivity index (χ1n) is 9.44. The first kappa shape index (κ1) is 19.3. The number of ketones is 1. The summed E-state index contributed by atoms with van der Waals surface area (Å²) in [6, 6.07) is 19.5. The Morgan fingerprint density at radius 2 is 1.30 bits per heavy atom. The molecule has 0 atom stereocenters. The molecule has 3 aromatic carbocycles. The molecule has 0 aromatic heterocycles. The van der Waals surface area contributed by atoms with Gasteiger partial charge >= 0.3 is 5.97 Å². The van der Waals surface area contributed by atoms with E-state index >= 15 is 0 Å². The Balaban J connectivity index is 1.61. The highest BCUT2D eigenvalue weighted by Crippen LogP contribution is 2.24. The normalized spacial score (nSPS) is 12.6. The number of hydrogen-bond acceptors (Lipinski definition) is 5. The lowest BCUT2D eigenvalue weighted by Gasteiger charge is -2.14. The third kappa shape index (κ3) is 3.28. The van der Waals surface area contributed by atoms with Gasteiger partial charge in [0.15, 0.2) is 5.78 Å². The zero-order valence-electron chi connectivity index (χ0n) is 16.1. The van der Waals surface area contributed by atoms with Crippen molar-refractivity contribution in [2.45, 2.75) is 13.3 Å². The average Bonchev–Trinajstić information content (AvgIpc) is 3.03. The van der Waals surface area contributed by atoms with E-state index in [1.165, 1.54) is 24.3 Å². The highest BCUT2D eigenvalue weighted by Gasteiger charge is 2.39. The number of benzene rings is 3. The van der Waals surface area contributed by atoms with Crippen LogP contribution in [0.5, 0.6) is 0 Å². The number of aryl methyl sites for hydroxylation is 1. The molecule has 1 heterocycles. The maximum absolute atomic E-state index is 13.0. The maximum atomic E-state index is 13.0. The molecule has 30 heavy (non-hydrogen) atoms. The first-order valence-corrected chi connectivity index (χ1v) is 9.44. The van der Waals surface area contributed by atoms with Crippen LogP contribution in [0, 0.1) is 0 Å². The van der Waals surface area contributed by atoms with Crippen LogP contribution < -0.4 is 0 Å². The van der Waals surface area contributed by atoms with Gasteiger partial charge in [0.2, 0.25) is 0 Å². The Morgan fingerprint density at radius 3 is 1.87 bits per heavy atom. The van der Waals surface area contributed by atoms with Crippen molar-refractivity contribution in [1.82, 2.24) is 5.06 Å². The Hall–Kier alpha value is -4.06. The van der Waals surface area contributed by atoms with Crippen molar-refractivity contribution in [3.63, 3.8) is 0 Å². The SMILES string of the molecule is CCc1ccc(C(=O)c2ccccc2C(=O)ON2C(=O)c3ccccc3C2=O)cc1. The van der Waals surface area contributed by atoms with Crippen LogP contribution in [0.15, 0.2) is 72.8 Å². The molecule has 148 valence electrons. The second kappa shape index (κ2) is 7.75. The third-order valence-corrected chi connectivity index (χ3v) is 4.95. The summed E-state index contributed by atoms with van der Waals surface area (Å²) in [7, 11) is 0. The predicted molar refractivity (Wildman–Crippen MR) is 108 cm³/mol. The smallest absolute Gasteiger partial charge is 0.324 e. The first-order chi connectivity index (χ1) is 14.5. The molecule has 2 amide bonds. The summed E-state index contributed by atoms with van der Waals surface area (Å²) in [5.74, 6) is -2.75. The molecule has 0 unspecified atom stereocenters. The van der Waals surface area contributed by atoms with E-state index in [0.717, 1.165) is 12.0 Å². The van der Waals surface area contributed by atoms with Gasteiger partial charge in [0.25, 0.3) is 11.8 Å². The van der Waals surface area contributed by atoms with E-state index < -0.39 is 17.8 Å². The quantitative estimate of drug-likeness (QED) is 0.481. The Bertz CT molecular complexity index is 1150. The van der Waals surface area contributed by atoms with Gasteiger partial charge in [-0.2, -0.15) is 0 Å². The largest absolute Gasteiger partial charge is 0.364 e. The van der Waals surface area contributed by atoms with E-state index in [1.807, 2.05) is 19.1 Å². The lowest BCUT2D eigenvalue weighted by molar-refractivity contribution is -0.0584. The molecule has 0 aliphatic carbocycles. The minimum atomic E-state index is -0.960. The van der Waals surface area contributed by atoms with Crippen LogP contribution in [0.25, 0.3) is 0 Å². The van der Waals surface area contributed by atoms with Crippen molar-refractivity contribution in [3.05, 3.63) is 106 Å². The van der Waals surface area contributed by atoms with Crippen LogP contribution >= 0.6 is 0 Å². The number of carbonyl (C=O) groups excluding carboxylic acids is 4. The molecule has 1 aliphatic rings. The summed E-state index contributed by atoms with van der Waals surface area (Å²) in [4.78, 5) is 55.7. The van der Waals surface area contributed by atoms with Crippen molar-refractivity contribution in [2.75, 3.05) is 0 Å². The van der Waals surface area contributed by atoms with E-state index in [1.54, 1.807) is 36.4 Å². The van der Waals surface area contributed by atoms with Gasteiger partial charge in [-0.25, -0.2) is 4.79 Å². The number of hydroxylamine groups is 2. The average molecular weight is 399 g/mol. The highest BCUT2D eigenvalue weighted by molar-refractivity contribution is 6.21. The molecule has 3 aromatic rings. The molecule has 4 rings (SSSR count). The van der Waals surface area contributed by atoms with Crippen LogP contribution in [0.3, 0.4) is 0 Å². The lowest BCUT2D eigenvalue weighted by atomic mass is 9.97. The van der Waals surface area contributed by atoms with E-state index in [-0.39, 0.29) is 28.0 Å². The van der Waals surface area contributed by atoms with Gasteiger partial charge in [-0.3, -0.25) is 14.4 Å². The zero-order valence-corrected chi connectivity index (χ0v) is 16.1. The zero-order chi connectivity index (χ0) is 21.3. The minimum Gasteiger partial charge on any atom is -0.324 e. The van der Waals surface area contributed by atoms with Crippen LogP contribution in [0.1, 0.15) is 59.5 Å². The minimum absolute atomic E-state index is 0.0291. The van der Waals surface area contributed by atoms with E-state index in [0.29, 0.717) is 10.6 Å². The molecule has 0 radical (unpaired) electrons. The van der Waals surface area contributed by atoms with Crippen LogP contribution in [0.4, 0.5) is 0 Å². The van der Waals surface area contributed by atoms with Crippen molar-refractivity contribution < 1.29 is 24.0 Å². The van der Waals surface area contributed by atoms with E-state index in [4.69, 9.17) is 4.84 Å². The fourth-order valence-corrected chi connectivity index (χ4v) is 3.29. The van der Waals surface area contributed by atoms with Gasteiger partial charge in [-0.1, -0.05) is 66.6 Å². The molecule has 6 heteroatoms. The van der Waals surface area contributed by atoms with Gasteiger partial charge in [0.05, 0.1) is 16.7 Å². The number of nitrogens with zero attached hydrogens (tertiary/aromatic N) is 1. The number of carbonyl (C=O) groups is 4. The molecule has 0 saturated heterocycles. The molecular formula is C24H17NO5. The number of hydrogen-bond donors (Lipinski definition) is 0. The molecule has 0 spiro atoms. The second-order valence-corrected chi connectivity index (χ2v) is 6.75. The van der Waals surface area contributed by atoms with Crippen LogP contribution in [0.2, 0.25) is 0 Å². The summed E-state index contributed by atoms with van der Waals surface area (Å²) >= 11 is 0. The van der Waals surface area contributed by atoms with Crippen molar-refractivity contribution in [3.8, 4) is 0 Å². The van der Waals surface area contributed by atoms with E-state index in [2.05, 4.69) is 0 Å². The highest BCUT2D eigenvalue weighted by atomic mass is 16.7. The summed E-state index contributed by atoms with van der Waals surface area (Å²) < 4.78 is 0. The Labute approximate surface area is 172 Å². The molecule has 0 bridgehead atoms. The monoisotopic (exact) mass is 399 g/mol. The lowest BCUT2D eigenvalue weighted by Crippen LogP contribution is -2.33. The van der Waals surface area contributed by atoms with E-state index in [9.17, 15) is 19.2 Å². The van der Waals surface area contributed by atoms with Crippen LogP contribution in [-0.4, -0.2) is 28.6 Å². The Kier molecular flexibility index (Phi) is 4.98. The molecule has 0 fully saturated rings. The number of amides is 2. The number of fused-ring (bicyclic) bond motifs is 1. The van der Waals surface area contributed by atoms with Gasteiger partial charge in [-0.15, -0.1) is 0 Å². The summed E-state index contributed by atoms with van der Waals surface area (Å²) in [5.41, 5.74) is 1.94. The van der Waals surface area contributed by atoms with Gasteiger partial charge in [0, 0.05) is 11.1 Å². The predicted octanol–water partition coefficient (Wildman–Crippen LogP) is 3.85.